The number of fused-ring (bicyclic) bond motifs is 2. The molecule has 2 nitrogen and oxygen atoms in total. The summed E-state index contributed by atoms with van der Waals surface area (Å²) >= 11 is 3.19. The maximum absolute atomic E-state index is 13.0. The van der Waals surface area contributed by atoms with E-state index in [4.69, 9.17) is 4.42 Å². The summed E-state index contributed by atoms with van der Waals surface area (Å²) in [5.74, 6) is 0. The van der Waals surface area contributed by atoms with Gasteiger partial charge in [0.25, 0.3) is 0 Å². The van der Waals surface area contributed by atoms with Gasteiger partial charge in [0.1, 0.15) is 5.58 Å². The second kappa shape index (κ2) is 4.34. The smallest absolute Gasteiger partial charge is 0.420 e. The van der Waals surface area contributed by atoms with E-state index in [2.05, 4.69) is 15.9 Å². The zero-order valence-electron chi connectivity index (χ0n) is 9.79. The first-order valence-corrected chi connectivity index (χ1v) is 6.39. The van der Waals surface area contributed by atoms with E-state index in [1.54, 1.807) is 6.07 Å². The van der Waals surface area contributed by atoms with Gasteiger partial charge >= 0.3 is 6.18 Å². The lowest BCUT2D eigenvalue weighted by molar-refractivity contribution is -0.136. The molecule has 3 rings (SSSR count). The van der Waals surface area contributed by atoms with Gasteiger partial charge in [-0.25, -0.2) is 0 Å². The van der Waals surface area contributed by atoms with Crippen LogP contribution in [-0.4, -0.2) is 0 Å². The molecule has 6 heteroatoms. The van der Waals surface area contributed by atoms with Crippen molar-refractivity contribution in [2.45, 2.75) is 6.18 Å². The van der Waals surface area contributed by atoms with Gasteiger partial charge in [-0.05, 0) is 30.3 Å². The minimum absolute atomic E-state index is 0.0744. The highest BCUT2D eigenvalue weighted by Crippen LogP contribution is 2.35. The van der Waals surface area contributed by atoms with E-state index in [-0.39, 0.29) is 16.4 Å². The highest BCUT2D eigenvalue weighted by atomic mass is 79.9. The zero-order valence-corrected chi connectivity index (χ0v) is 11.4. The average Bonchev–Trinajstić information content (AvgIpc) is 2.37. The number of halogens is 4. The van der Waals surface area contributed by atoms with Crippen LogP contribution in [0.25, 0.3) is 21.9 Å². The Bertz CT molecular complexity index is 881. The number of hydrogen-bond donors (Lipinski definition) is 0. The summed E-state index contributed by atoms with van der Waals surface area (Å²) in [6, 6.07) is 8.06. The van der Waals surface area contributed by atoms with Crippen molar-refractivity contribution < 1.29 is 17.6 Å². The molecule has 0 aliphatic rings. The second-order valence-electron chi connectivity index (χ2n) is 4.25. The standard InChI is InChI=1S/C14H6BrF3O2/c15-7-4-5-8-11(6-7)20-13-9(12(8)19)2-1-3-10(13)14(16,17)18/h1-6H. The molecule has 102 valence electrons. The summed E-state index contributed by atoms with van der Waals surface area (Å²) < 4.78 is 44.8. The van der Waals surface area contributed by atoms with Crippen molar-refractivity contribution in [2.75, 3.05) is 0 Å². The number of para-hydroxylation sites is 1. The molecule has 0 N–H and O–H groups in total. The summed E-state index contributed by atoms with van der Waals surface area (Å²) in [6.07, 6.45) is -4.57. The van der Waals surface area contributed by atoms with Gasteiger partial charge in [-0.1, -0.05) is 22.0 Å². The molecule has 0 fully saturated rings. The van der Waals surface area contributed by atoms with E-state index in [9.17, 15) is 18.0 Å². The van der Waals surface area contributed by atoms with Crippen molar-refractivity contribution in [3.05, 3.63) is 56.7 Å². The first kappa shape index (κ1) is 13.2. The Hall–Kier alpha value is -1.82. The number of alkyl halides is 3. The minimum Gasteiger partial charge on any atom is -0.455 e. The maximum atomic E-state index is 13.0. The fourth-order valence-electron chi connectivity index (χ4n) is 2.07. The lowest BCUT2D eigenvalue weighted by Crippen LogP contribution is -2.09. The first-order valence-electron chi connectivity index (χ1n) is 5.60. The van der Waals surface area contributed by atoms with Gasteiger partial charge in [-0.15, -0.1) is 0 Å². The number of benzene rings is 2. The molecule has 0 radical (unpaired) electrons. The van der Waals surface area contributed by atoms with Gasteiger partial charge in [0, 0.05) is 4.47 Å². The molecule has 0 aliphatic carbocycles. The Labute approximate surface area is 118 Å². The van der Waals surface area contributed by atoms with E-state index in [0.717, 1.165) is 6.07 Å². The van der Waals surface area contributed by atoms with E-state index < -0.39 is 22.8 Å². The van der Waals surface area contributed by atoms with Crippen molar-refractivity contribution in [1.82, 2.24) is 0 Å². The second-order valence-corrected chi connectivity index (χ2v) is 5.17. The summed E-state index contributed by atoms with van der Waals surface area (Å²) in [7, 11) is 0. The lowest BCUT2D eigenvalue weighted by atomic mass is 10.1. The highest BCUT2D eigenvalue weighted by Gasteiger charge is 2.34. The zero-order chi connectivity index (χ0) is 14.5. The van der Waals surface area contributed by atoms with Crippen LogP contribution in [0.15, 0.2) is 50.1 Å². The molecular weight excluding hydrogens is 337 g/mol. The predicted molar refractivity (Wildman–Crippen MR) is 72.7 cm³/mol. The van der Waals surface area contributed by atoms with E-state index in [1.165, 1.54) is 24.3 Å². The summed E-state index contributed by atoms with van der Waals surface area (Å²) in [5, 5.41) is 0.176. The van der Waals surface area contributed by atoms with E-state index in [0.29, 0.717) is 4.47 Å². The van der Waals surface area contributed by atoms with Gasteiger partial charge in [-0.2, -0.15) is 13.2 Å². The highest BCUT2D eigenvalue weighted by molar-refractivity contribution is 9.10. The molecule has 20 heavy (non-hydrogen) atoms. The molecule has 1 aromatic heterocycles. The van der Waals surface area contributed by atoms with Crippen LogP contribution in [0.4, 0.5) is 13.2 Å². The largest absolute Gasteiger partial charge is 0.455 e. The van der Waals surface area contributed by atoms with Gasteiger partial charge in [-0.3, -0.25) is 4.79 Å². The van der Waals surface area contributed by atoms with Crippen molar-refractivity contribution in [3.8, 4) is 0 Å². The first-order chi connectivity index (χ1) is 9.38. The van der Waals surface area contributed by atoms with Crippen molar-refractivity contribution >= 4 is 37.9 Å². The van der Waals surface area contributed by atoms with Crippen LogP contribution >= 0.6 is 15.9 Å². The lowest BCUT2D eigenvalue weighted by Gasteiger charge is -2.09. The van der Waals surface area contributed by atoms with Crippen LogP contribution < -0.4 is 5.43 Å². The molecule has 0 unspecified atom stereocenters. The predicted octanol–water partition coefficient (Wildman–Crippen LogP) is 4.73. The molecule has 0 atom stereocenters. The Morgan fingerprint density at radius 1 is 1.05 bits per heavy atom. The maximum Gasteiger partial charge on any atom is 0.420 e. The van der Waals surface area contributed by atoms with Gasteiger partial charge in [0.2, 0.25) is 5.43 Å². The van der Waals surface area contributed by atoms with Crippen LogP contribution in [0.5, 0.6) is 0 Å². The molecule has 1 heterocycles. The van der Waals surface area contributed by atoms with Crippen LogP contribution in [0.2, 0.25) is 0 Å². The number of rotatable bonds is 0. The van der Waals surface area contributed by atoms with Gasteiger partial charge in [0.15, 0.2) is 5.58 Å². The average molecular weight is 343 g/mol. The molecular formula is C14H6BrF3O2. The molecule has 0 spiro atoms. The third-order valence-corrected chi connectivity index (χ3v) is 3.46. The van der Waals surface area contributed by atoms with Crippen LogP contribution in [0, 0.1) is 0 Å². The van der Waals surface area contributed by atoms with Crippen molar-refractivity contribution in [3.63, 3.8) is 0 Å². The summed E-state index contributed by atoms with van der Waals surface area (Å²) in [6.45, 7) is 0. The molecule has 0 aliphatic heterocycles. The molecule has 0 saturated heterocycles. The number of hydrogen-bond acceptors (Lipinski definition) is 2. The SMILES string of the molecule is O=c1c2ccc(Br)cc2oc2c(C(F)(F)F)cccc12. The Morgan fingerprint density at radius 3 is 2.50 bits per heavy atom. The molecule has 0 saturated carbocycles. The summed E-state index contributed by atoms with van der Waals surface area (Å²) in [5.41, 5.74) is -1.74. The molecule has 0 bridgehead atoms. The minimum atomic E-state index is -4.57. The topological polar surface area (TPSA) is 30.2 Å². The van der Waals surface area contributed by atoms with Gasteiger partial charge in [0.05, 0.1) is 16.3 Å². The van der Waals surface area contributed by atoms with E-state index >= 15 is 0 Å². The monoisotopic (exact) mass is 342 g/mol. The summed E-state index contributed by atoms with van der Waals surface area (Å²) in [4.78, 5) is 12.2. The third-order valence-electron chi connectivity index (χ3n) is 2.97. The quantitative estimate of drug-likeness (QED) is 0.553. The Balaban J connectivity index is 2.54. The van der Waals surface area contributed by atoms with Crippen LogP contribution in [0.1, 0.15) is 5.56 Å². The van der Waals surface area contributed by atoms with Gasteiger partial charge < -0.3 is 4.42 Å². The van der Waals surface area contributed by atoms with Crippen LogP contribution in [-0.2, 0) is 6.18 Å². The molecule has 0 amide bonds. The fraction of sp³-hybridized carbons (Fsp3) is 0.0714. The van der Waals surface area contributed by atoms with E-state index in [1.807, 2.05) is 0 Å². The Kier molecular flexibility index (Phi) is 2.86. The molecule has 3 aromatic rings. The van der Waals surface area contributed by atoms with Crippen molar-refractivity contribution in [2.24, 2.45) is 0 Å². The third kappa shape index (κ3) is 2.00. The van der Waals surface area contributed by atoms with Crippen molar-refractivity contribution in [1.29, 1.82) is 0 Å². The fourth-order valence-corrected chi connectivity index (χ4v) is 2.41. The Morgan fingerprint density at radius 2 is 1.80 bits per heavy atom. The molecule has 2 aromatic carbocycles. The van der Waals surface area contributed by atoms with Crippen LogP contribution in [0.3, 0.4) is 0 Å². The normalized spacial score (nSPS) is 12.2.